The van der Waals surface area contributed by atoms with Crippen molar-refractivity contribution in [3.63, 3.8) is 0 Å². The van der Waals surface area contributed by atoms with Crippen molar-refractivity contribution in [1.29, 1.82) is 0 Å². The van der Waals surface area contributed by atoms with Crippen LogP contribution in [-0.4, -0.2) is 54.6 Å². The summed E-state index contributed by atoms with van der Waals surface area (Å²) in [4.78, 5) is 20.1. The zero-order chi connectivity index (χ0) is 14.9. The summed E-state index contributed by atoms with van der Waals surface area (Å²) in [6.07, 6.45) is 1.96. The summed E-state index contributed by atoms with van der Waals surface area (Å²) in [6, 6.07) is 10.3. The standard InChI is InChI=1S/C16H23N3O2/c1-18(2)10-14-8-9-16(17-14)12-19(15(16)20)21-11-13-6-4-3-5-7-13/h3-7,14,17H,8-12H2,1-2H3. The maximum atomic E-state index is 12.4. The third-order valence-electron chi connectivity index (χ3n) is 4.26. The number of rotatable bonds is 5. The fourth-order valence-corrected chi connectivity index (χ4v) is 3.19. The highest BCUT2D eigenvalue weighted by Gasteiger charge is 2.56. The van der Waals surface area contributed by atoms with Gasteiger partial charge in [-0.15, -0.1) is 0 Å². The molecule has 2 aliphatic rings. The molecule has 0 radical (unpaired) electrons. The van der Waals surface area contributed by atoms with Crippen molar-refractivity contribution in [2.75, 3.05) is 27.2 Å². The van der Waals surface area contributed by atoms with Crippen molar-refractivity contribution in [2.45, 2.75) is 31.0 Å². The minimum absolute atomic E-state index is 0.0830. The SMILES string of the molecule is CN(C)CC1CCC2(CN(OCc3ccccc3)C2=O)N1. The molecular formula is C16H23N3O2. The molecule has 0 bridgehead atoms. The van der Waals surface area contributed by atoms with E-state index in [-0.39, 0.29) is 11.4 Å². The fraction of sp³-hybridized carbons (Fsp3) is 0.562. The Labute approximate surface area is 125 Å². The summed E-state index contributed by atoms with van der Waals surface area (Å²) >= 11 is 0. The number of carbonyl (C=O) groups excluding carboxylic acids is 1. The third kappa shape index (κ3) is 2.95. The van der Waals surface area contributed by atoms with Crippen LogP contribution in [0.3, 0.4) is 0 Å². The van der Waals surface area contributed by atoms with E-state index < -0.39 is 0 Å². The molecule has 2 saturated heterocycles. The number of hydroxylamine groups is 2. The van der Waals surface area contributed by atoms with E-state index in [4.69, 9.17) is 4.84 Å². The van der Waals surface area contributed by atoms with Gasteiger partial charge >= 0.3 is 0 Å². The number of carbonyl (C=O) groups is 1. The molecule has 1 N–H and O–H groups in total. The first-order valence-electron chi connectivity index (χ1n) is 7.50. The van der Waals surface area contributed by atoms with Crippen LogP contribution in [0, 0.1) is 0 Å². The molecule has 114 valence electrons. The predicted molar refractivity (Wildman–Crippen MR) is 80.4 cm³/mol. The molecule has 1 aromatic rings. The first-order valence-corrected chi connectivity index (χ1v) is 7.50. The Kier molecular flexibility index (Phi) is 3.97. The maximum Gasteiger partial charge on any atom is 0.268 e. The summed E-state index contributed by atoms with van der Waals surface area (Å²) in [5, 5.41) is 5.00. The van der Waals surface area contributed by atoms with Gasteiger partial charge in [-0.2, -0.15) is 0 Å². The lowest BCUT2D eigenvalue weighted by Gasteiger charge is -2.45. The molecule has 0 aliphatic carbocycles. The van der Waals surface area contributed by atoms with E-state index in [1.807, 2.05) is 30.3 Å². The van der Waals surface area contributed by atoms with Crippen LogP contribution in [0.5, 0.6) is 0 Å². The van der Waals surface area contributed by atoms with Gasteiger partial charge in [0.2, 0.25) is 0 Å². The van der Waals surface area contributed by atoms with Crippen molar-refractivity contribution in [3.8, 4) is 0 Å². The molecule has 1 amide bonds. The second kappa shape index (κ2) is 5.75. The highest BCUT2D eigenvalue weighted by Crippen LogP contribution is 2.34. The number of nitrogens with zero attached hydrogens (tertiary/aromatic N) is 2. The lowest BCUT2D eigenvalue weighted by molar-refractivity contribution is -0.231. The van der Waals surface area contributed by atoms with Crippen molar-refractivity contribution in [1.82, 2.24) is 15.3 Å². The van der Waals surface area contributed by atoms with Crippen molar-refractivity contribution in [2.24, 2.45) is 0 Å². The van der Waals surface area contributed by atoms with Gasteiger partial charge in [-0.1, -0.05) is 30.3 Å². The van der Waals surface area contributed by atoms with Gasteiger partial charge in [-0.25, -0.2) is 5.06 Å². The van der Waals surface area contributed by atoms with Gasteiger partial charge in [0.25, 0.3) is 5.91 Å². The quantitative estimate of drug-likeness (QED) is 0.822. The normalized spacial score (nSPS) is 28.4. The summed E-state index contributed by atoms with van der Waals surface area (Å²) in [5.74, 6) is 0.0830. The Morgan fingerprint density at radius 1 is 1.38 bits per heavy atom. The summed E-state index contributed by atoms with van der Waals surface area (Å²) in [7, 11) is 4.12. The lowest BCUT2D eigenvalue weighted by atomic mass is 9.89. The average Bonchev–Trinajstić information content (AvgIpc) is 2.89. The second-order valence-corrected chi connectivity index (χ2v) is 6.33. The smallest absolute Gasteiger partial charge is 0.268 e. The number of nitrogens with one attached hydrogen (secondary N) is 1. The highest BCUT2D eigenvalue weighted by molar-refractivity contribution is 5.92. The minimum atomic E-state index is -0.364. The number of hydrogen-bond donors (Lipinski definition) is 1. The molecule has 1 aromatic carbocycles. The van der Waals surface area contributed by atoms with E-state index in [1.165, 1.54) is 5.06 Å². The Morgan fingerprint density at radius 2 is 2.14 bits per heavy atom. The Morgan fingerprint density at radius 3 is 2.81 bits per heavy atom. The van der Waals surface area contributed by atoms with Gasteiger partial charge in [0.1, 0.15) is 12.1 Å². The van der Waals surface area contributed by atoms with Crippen LogP contribution in [0.1, 0.15) is 18.4 Å². The first-order chi connectivity index (χ1) is 10.1. The maximum absolute atomic E-state index is 12.4. The molecule has 2 fully saturated rings. The van der Waals surface area contributed by atoms with Crippen LogP contribution in [0.25, 0.3) is 0 Å². The summed E-state index contributed by atoms with van der Waals surface area (Å²) in [6.45, 7) is 2.08. The van der Waals surface area contributed by atoms with Gasteiger partial charge in [0.15, 0.2) is 0 Å². The van der Waals surface area contributed by atoms with Crippen molar-refractivity contribution in [3.05, 3.63) is 35.9 Å². The van der Waals surface area contributed by atoms with Crippen LogP contribution in [-0.2, 0) is 16.2 Å². The summed E-state index contributed by atoms with van der Waals surface area (Å²) < 4.78 is 0. The molecular weight excluding hydrogens is 266 g/mol. The predicted octanol–water partition coefficient (Wildman–Crippen LogP) is 1.01. The third-order valence-corrected chi connectivity index (χ3v) is 4.26. The van der Waals surface area contributed by atoms with Crippen molar-refractivity contribution < 1.29 is 9.63 Å². The average molecular weight is 289 g/mol. The highest BCUT2D eigenvalue weighted by atomic mass is 16.7. The molecule has 2 atom stereocenters. The molecule has 2 heterocycles. The van der Waals surface area contributed by atoms with Gasteiger partial charge in [0.05, 0.1) is 6.54 Å². The van der Waals surface area contributed by atoms with Gasteiger partial charge < -0.3 is 4.90 Å². The topological polar surface area (TPSA) is 44.8 Å². The monoisotopic (exact) mass is 289 g/mol. The van der Waals surface area contributed by atoms with Gasteiger partial charge in [-0.05, 0) is 32.5 Å². The van der Waals surface area contributed by atoms with Crippen LogP contribution < -0.4 is 5.32 Å². The largest absolute Gasteiger partial charge is 0.308 e. The van der Waals surface area contributed by atoms with Crippen LogP contribution in [0.4, 0.5) is 0 Å². The fourth-order valence-electron chi connectivity index (χ4n) is 3.19. The van der Waals surface area contributed by atoms with Crippen LogP contribution >= 0.6 is 0 Å². The van der Waals surface area contributed by atoms with Gasteiger partial charge in [0, 0.05) is 12.6 Å². The van der Waals surface area contributed by atoms with Gasteiger partial charge in [-0.3, -0.25) is 14.9 Å². The Hall–Kier alpha value is -1.43. The number of benzene rings is 1. The number of hydrogen-bond acceptors (Lipinski definition) is 4. The van der Waals surface area contributed by atoms with E-state index in [0.717, 1.165) is 24.9 Å². The molecule has 0 saturated carbocycles. The molecule has 1 spiro atoms. The van der Waals surface area contributed by atoms with Crippen LogP contribution in [0.2, 0.25) is 0 Å². The Bertz CT molecular complexity index is 506. The first kappa shape index (κ1) is 14.5. The number of amides is 1. The van der Waals surface area contributed by atoms with E-state index in [0.29, 0.717) is 19.2 Å². The zero-order valence-electron chi connectivity index (χ0n) is 12.7. The van der Waals surface area contributed by atoms with E-state index in [1.54, 1.807) is 0 Å². The number of β-lactam (4-membered cyclic amide) rings is 1. The number of likely N-dealkylation sites (N-methyl/N-ethyl adjacent to an activating group) is 1. The molecule has 5 nitrogen and oxygen atoms in total. The lowest BCUT2D eigenvalue weighted by Crippen LogP contribution is -2.71. The van der Waals surface area contributed by atoms with Crippen LogP contribution in [0.15, 0.2) is 30.3 Å². The summed E-state index contributed by atoms with van der Waals surface area (Å²) in [5.41, 5.74) is 0.716. The Balaban J connectivity index is 1.49. The van der Waals surface area contributed by atoms with E-state index in [2.05, 4.69) is 24.3 Å². The van der Waals surface area contributed by atoms with E-state index >= 15 is 0 Å². The molecule has 21 heavy (non-hydrogen) atoms. The second-order valence-electron chi connectivity index (χ2n) is 6.33. The van der Waals surface area contributed by atoms with E-state index in [9.17, 15) is 4.79 Å². The molecule has 2 aliphatic heterocycles. The zero-order valence-corrected chi connectivity index (χ0v) is 12.7. The molecule has 2 unspecified atom stereocenters. The molecule has 5 heteroatoms. The molecule has 0 aromatic heterocycles. The van der Waals surface area contributed by atoms with Crippen molar-refractivity contribution >= 4 is 5.91 Å². The minimum Gasteiger partial charge on any atom is -0.308 e. The molecule has 3 rings (SSSR count).